The number of hydrogen-bond acceptors (Lipinski definition) is 3. The Balaban J connectivity index is 1.98. The second-order valence-corrected chi connectivity index (χ2v) is 6.99. The van der Waals surface area contributed by atoms with Crippen LogP contribution in [0.4, 0.5) is 0 Å². The van der Waals surface area contributed by atoms with Crippen molar-refractivity contribution in [2.75, 3.05) is 26.7 Å². The van der Waals surface area contributed by atoms with Crippen molar-refractivity contribution in [3.8, 4) is 0 Å². The highest BCUT2D eigenvalue weighted by atomic mass is 79.9. The summed E-state index contributed by atoms with van der Waals surface area (Å²) in [7, 11) is 1.97. The topological polar surface area (TPSA) is 35.5 Å². The Morgan fingerprint density at radius 2 is 2.29 bits per heavy atom. The van der Waals surface area contributed by atoms with Gasteiger partial charge in [0.05, 0.1) is 6.61 Å². The minimum Gasteiger partial charge on any atom is -0.395 e. The van der Waals surface area contributed by atoms with Crippen molar-refractivity contribution in [3.05, 3.63) is 33.3 Å². The fraction of sp³-hybridized carbons (Fsp3) is 0.625. The number of piperidine rings is 1. The first-order valence-corrected chi connectivity index (χ1v) is 8.80. The molecule has 1 saturated heterocycles. The molecule has 0 aliphatic carbocycles. The van der Waals surface area contributed by atoms with E-state index < -0.39 is 0 Å². The molecule has 1 aliphatic heterocycles. The van der Waals surface area contributed by atoms with E-state index in [2.05, 4.69) is 32.2 Å². The molecule has 2 rings (SSSR count). The third-order valence-corrected chi connectivity index (χ3v) is 5.17. The van der Waals surface area contributed by atoms with Crippen molar-refractivity contribution in [3.63, 3.8) is 0 Å². The van der Waals surface area contributed by atoms with Gasteiger partial charge in [0.2, 0.25) is 0 Å². The lowest BCUT2D eigenvalue weighted by Gasteiger charge is -2.35. The van der Waals surface area contributed by atoms with E-state index in [9.17, 15) is 5.11 Å². The van der Waals surface area contributed by atoms with E-state index in [4.69, 9.17) is 11.6 Å². The molecule has 2 unspecified atom stereocenters. The lowest BCUT2D eigenvalue weighted by atomic mass is 9.99. The maximum Gasteiger partial charge on any atom is 0.0586 e. The lowest BCUT2D eigenvalue weighted by molar-refractivity contribution is 0.0867. The van der Waals surface area contributed by atoms with Gasteiger partial charge in [-0.15, -0.1) is 0 Å². The minimum atomic E-state index is 0.242. The second-order valence-electron chi connectivity index (χ2n) is 5.66. The van der Waals surface area contributed by atoms with Crippen LogP contribution < -0.4 is 5.32 Å². The van der Waals surface area contributed by atoms with Gasteiger partial charge < -0.3 is 10.4 Å². The lowest BCUT2D eigenvalue weighted by Crippen LogP contribution is -2.43. The molecule has 0 bridgehead atoms. The first-order valence-electron chi connectivity index (χ1n) is 7.62. The summed E-state index contributed by atoms with van der Waals surface area (Å²) in [5.41, 5.74) is 1.14. The SMILES string of the molecule is CNC(CCN1CCCCC1CO)c1ccc(Br)cc1Cl. The van der Waals surface area contributed by atoms with Crippen LogP contribution in [0.1, 0.15) is 37.3 Å². The molecule has 0 amide bonds. The highest BCUT2D eigenvalue weighted by Gasteiger charge is 2.23. The van der Waals surface area contributed by atoms with Crippen molar-refractivity contribution in [1.82, 2.24) is 10.2 Å². The van der Waals surface area contributed by atoms with Gasteiger partial charge in [-0.05, 0) is 50.6 Å². The Morgan fingerprint density at radius 1 is 1.48 bits per heavy atom. The van der Waals surface area contributed by atoms with E-state index >= 15 is 0 Å². The monoisotopic (exact) mass is 374 g/mol. The molecule has 118 valence electrons. The van der Waals surface area contributed by atoms with E-state index in [1.165, 1.54) is 12.8 Å². The normalized spacial score (nSPS) is 21.4. The Morgan fingerprint density at radius 3 is 2.95 bits per heavy atom. The van der Waals surface area contributed by atoms with E-state index in [-0.39, 0.29) is 12.6 Å². The predicted octanol–water partition coefficient (Wildman–Crippen LogP) is 3.60. The van der Waals surface area contributed by atoms with Gasteiger partial charge in [-0.25, -0.2) is 0 Å². The zero-order chi connectivity index (χ0) is 15.2. The fourth-order valence-electron chi connectivity index (χ4n) is 3.10. The van der Waals surface area contributed by atoms with E-state index in [0.717, 1.165) is 41.0 Å². The second kappa shape index (κ2) is 8.49. The molecule has 2 atom stereocenters. The molecule has 0 radical (unpaired) electrons. The Hall–Kier alpha value is -0.130. The van der Waals surface area contributed by atoms with Crippen LogP contribution in [0.15, 0.2) is 22.7 Å². The van der Waals surface area contributed by atoms with Gasteiger partial charge in [0.15, 0.2) is 0 Å². The molecular weight excluding hydrogens is 352 g/mol. The standard InChI is InChI=1S/C16H24BrClN2O/c1-19-16(14-6-5-12(17)10-15(14)18)7-9-20-8-3-2-4-13(20)11-21/h5-6,10,13,16,19,21H,2-4,7-9,11H2,1H3. The van der Waals surface area contributed by atoms with Gasteiger partial charge in [0, 0.05) is 28.1 Å². The molecule has 1 fully saturated rings. The third kappa shape index (κ3) is 4.67. The number of nitrogens with one attached hydrogen (secondary N) is 1. The molecule has 0 spiro atoms. The molecule has 3 nitrogen and oxygen atoms in total. The van der Waals surface area contributed by atoms with Crippen LogP contribution in [0.25, 0.3) is 0 Å². The van der Waals surface area contributed by atoms with Gasteiger partial charge in [-0.2, -0.15) is 0 Å². The van der Waals surface area contributed by atoms with Crippen LogP contribution in [0.3, 0.4) is 0 Å². The molecule has 0 saturated carbocycles. The van der Waals surface area contributed by atoms with E-state index in [0.29, 0.717) is 6.04 Å². The molecule has 1 aromatic rings. The quantitative estimate of drug-likeness (QED) is 0.797. The number of halogens is 2. The summed E-state index contributed by atoms with van der Waals surface area (Å²) in [6.45, 7) is 2.35. The largest absolute Gasteiger partial charge is 0.395 e. The summed E-state index contributed by atoms with van der Waals surface area (Å²) >= 11 is 9.80. The van der Waals surface area contributed by atoms with Crippen molar-refractivity contribution in [2.45, 2.75) is 37.8 Å². The summed E-state index contributed by atoms with van der Waals surface area (Å²) in [6, 6.07) is 6.62. The van der Waals surface area contributed by atoms with Crippen LogP contribution >= 0.6 is 27.5 Å². The average molecular weight is 376 g/mol. The Bertz CT molecular complexity index is 458. The highest BCUT2D eigenvalue weighted by molar-refractivity contribution is 9.10. The van der Waals surface area contributed by atoms with Crippen molar-refractivity contribution >= 4 is 27.5 Å². The molecule has 1 heterocycles. The van der Waals surface area contributed by atoms with Crippen molar-refractivity contribution < 1.29 is 5.11 Å². The average Bonchev–Trinajstić information content (AvgIpc) is 2.50. The number of aliphatic hydroxyl groups excluding tert-OH is 1. The zero-order valence-electron chi connectivity index (χ0n) is 12.5. The molecule has 0 aromatic heterocycles. The summed E-state index contributed by atoms with van der Waals surface area (Å²) in [4.78, 5) is 2.42. The summed E-state index contributed by atoms with van der Waals surface area (Å²) < 4.78 is 1.00. The fourth-order valence-corrected chi connectivity index (χ4v) is 3.90. The maximum absolute atomic E-state index is 9.49. The molecule has 21 heavy (non-hydrogen) atoms. The van der Waals surface area contributed by atoms with Crippen LogP contribution in [0, 0.1) is 0 Å². The van der Waals surface area contributed by atoms with Crippen LogP contribution in [0.2, 0.25) is 5.02 Å². The summed E-state index contributed by atoms with van der Waals surface area (Å²) in [5, 5.41) is 13.6. The number of benzene rings is 1. The number of aliphatic hydroxyl groups is 1. The van der Waals surface area contributed by atoms with E-state index in [1.54, 1.807) is 0 Å². The Kier molecular flexibility index (Phi) is 6.96. The van der Waals surface area contributed by atoms with Crippen LogP contribution in [-0.4, -0.2) is 42.8 Å². The molecule has 2 N–H and O–H groups in total. The first-order chi connectivity index (χ1) is 10.2. The van der Waals surface area contributed by atoms with Gasteiger partial charge >= 0.3 is 0 Å². The van der Waals surface area contributed by atoms with Gasteiger partial charge in [0.25, 0.3) is 0 Å². The summed E-state index contributed by atoms with van der Waals surface area (Å²) in [5.74, 6) is 0. The third-order valence-electron chi connectivity index (χ3n) is 4.35. The van der Waals surface area contributed by atoms with Crippen molar-refractivity contribution in [1.29, 1.82) is 0 Å². The van der Waals surface area contributed by atoms with E-state index in [1.807, 2.05) is 19.2 Å². The molecular formula is C16H24BrClN2O. The molecule has 1 aromatic carbocycles. The summed E-state index contributed by atoms with van der Waals surface area (Å²) in [6.07, 6.45) is 4.57. The first kappa shape index (κ1) is 17.2. The van der Waals surface area contributed by atoms with Gasteiger partial charge in [-0.1, -0.05) is 40.0 Å². The smallest absolute Gasteiger partial charge is 0.0586 e. The minimum absolute atomic E-state index is 0.242. The Labute approximate surface area is 140 Å². The van der Waals surface area contributed by atoms with Gasteiger partial charge in [0.1, 0.15) is 0 Å². The van der Waals surface area contributed by atoms with Crippen molar-refractivity contribution in [2.24, 2.45) is 0 Å². The van der Waals surface area contributed by atoms with Crippen LogP contribution in [0.5, 0.6) is 0 Å². The molecule has 5 heteroatoms. The van der Waals surface area contributed by atoms with Gasteiger partial charge in [-0.3, -0.25) is 4.90 Å². The number of likely N-dealkylation sites (tertiary alicyclic amines) is 1. The highest BCUT2D eigenvalue weighted by Crippen LogP contribution is 2.29. The zero-order valence-corrected chi connectivity index (χ0v) is 14.8. The molecule has 1 aliphatic rings. The predicted molar refractivity (Wildman–Crippen MR) is 91.9 cm³/mol. The number of hydrogen-bond donors (Lipinski definition) is 2. The number of nitrogens with zero attached hydrogens (tertiary/aromatic N) is 1. The number of rotatable bonds is 6. The maximum atomic E-state index is 9.49. The van der Waals surface area contributed by atoms with Crippen LogP contribution in [-0.2, 0) is 0 Å².